The second kappa shape index (κ2) is 9.78. The Bertz CT molecular complexity index is 2440. The van der Waals surface area contributed by atoms with Crippen LogP contribution in [0.15, 0.2) is 158 Å². The van der Waals surface area contributed by atoms with Crippen LogP contribution in [0.3, 0.4) is 0 Å². The Hall–Kier alpha value is -5.46. The summed E-state index contributed by atoms with van der Waals surface area (Å²) < 4.78 is 0. The van der Waals surface area contributed by atoms with Gasteiger partial charge in [-0.3, -0.25) is 0 Å². The van der Waals surface area contributed by atoms with Crippen molar-refractivity contribution < 1.29 is 0 Å². The molecular weight excluding hydrogens is 540 g/mol. The third kappa shape index (κ3) is 4.06. The van der Waals surface area contributed by atoms with Gasteiger partial charge in [-0.2, -0.15) is 0 Å². The minimum Gasteiger partial charge on any atom is -0.0622 e. The first-order valence-corrected chi connectivity index (χ1v) is 15.8. The summed E-state index contributed by atoms with van der Waals surface area (Å²) in [4.78, 5) is 0. The van der Waals surface area contributed by atoms with E-state index in [2.05, 4.69) is 172 Å². The zero-order valence-electron chi connectivity index (χ0n) is 25.5. The number of hydrogen-bond donors (Lipinski definition) is 0. The standard InChI is InChI=1S/C45H32/c1-45(2)43-27-33(29-10-4-3-5-11-29)20-22-40(43)41-23-21-34(28-44(41)45)31-16-17-32-25-36(19-18-30(32)24-31)42-26-35-12-6-7-13-37(35)38-14-8-9-15-39(38)42/h3-28H,1-2H3. The summed E-state index contributed by atoms with van der Waals surface area (Å²) in [5.41, 5.74) is 13.1. The summed E-state index contributed by atoms with van der Waals surface area (Å²) in [6.45, 7) is 4.74. The van der Waals surface area contributed by atoms with E-state index in [-0.39, 0.29) is 5.41 Å². The molecule has 1 aliphatic carbocycles. The highest BCUT2D eigenvalue weighted by Crippen LogP contribution is 2.50. The van der Waals surface area contributed by atoms with E-state index < -0.39 is 0 Å². The molecule has 0 amide bonds. The van der Waals surface area contributed by atoms with Gasteiger partial charge in [0.25, 0.3) is 0 Å². The van der Waals surface area contributed by atoms with Crippen LogP contribution < -0.4 is 0 Å². The van der Waals surface area contributed by atoms with Gasteiger partial charge in [0, 0.05) is 5.41 Å². The monoisotopic (exact) mass is 572 g/mol. The van der Waals surface area contributed by atoms with Gasteiger partial charge in [0.05, 0.1) is 0 Å². The van der Waals surface area contributed by atoms with Crippen molar-refractivity contribution >= 4 is 32.3 Å². The van der Waals surface area contributed by atoms with Gasteiger partial charge in [-0.1, -0.05) is 141 Å². The third-order valence-corrected chi connectivity index (χ3v) is 10.0. The van der Waals surface area contributed by atoms with Crippen molar-refractivity contribution in [3.05, 3.63) is 169 Å². The Labute approximate surface area is 264 Å². The quantitative estimate of drug-likeness (QED) is 0.185. The second-order valence-electron chi connectivity index (χ2n) is 13.0. The Morgan fingerprint density at radius 3 is 1.53 bits per heavy atom. The lowest BCUT2D eigenvalue weighted by molar-refractivity contribution is 0.661. The molecule has 0 N–H and O–H groups in total. The first-order chi connectivity index (χ1) is 22.0. The van der Waals surface area contributed by atoms with Crippen LogP contribution in [0.1, 0.15) is 25.0 Å². The first-order valence-electron chi connectivity index (χ1n) is 15.8. The average molecular weight is 573 g/mol. The highest BCUT2D eigenvalue weighted by atomic mass is 14.4. The van der Waals surface area contributed by atoms with Crippen LogP contribution in [0.2, 0.25) is 0 Å². The van der Waals surface area contributed by atoms with Gasteiger partial charge in [0.1, 0.15) is 0 Å². The summed E-state index contributed by atoms with van der Waals surface area (Å²) >= 11 is 0. The Balaban J connectivity index is 1.10. The normalized spacial score (nSPS) is 13.3. The summed E-state index contributed by atoms with van der Waals surface area (Å²) in [7, 11) is 0. The minimum absolute atomic E-state index is 0.0696. The van der Waals surface area contributed by atoms with Crippen LogP contribution in [-0.2, 0) is 5.41 Å². The fraction of sp³-hybridized carbons (Fsp3) is 0.0667. The van der Waals surface area contributed by atoms with E-state index >= 15 is 0 Å². The van der Waals surface area contributed by atoms with Crippen LogP contribution in [0.5, 0.6) is 0 Å². The molecule has 0 aliphatic heterocycles. The van der Waals surface area contributed by atoms with E-state index in [0.29, 0.717) is 0 Å². The van der Waals surface area contributed by atoms with Crippen molar-refractivity contribution in [3.63, 3.8) is 0 Å². The molecule has 8 aromatic carbocycles. The molecule has 0 heterocycles. The molecule has 1 aliphatic rings. The molecule has 0 fully saturated rings. The van der Waals surface area contributed by atoms with Crippen molar-refractivity contribution in [1.29, 1.82) is 0 Å². The molecular formula is C45H32. The molecule has 45 heavy (non-hydrogen) atoms. The van der Waals surface area contributed by atoms with Crippen LogP contribution in [0, 0.1) is 0 Å². The lowest BCUT2D eigenvalue weighted by Crippen LogP contribution is -2.15. The topological polar surface area (TPSA) is 0 Å². The fourth-order valence-corrected chi connectivity index (χ4v) is 7.61. The molecule has 0 bridgehead atoms. The average Bonchev–Trinajstić information content (AvgIpc) is 3.33. The smallest absolute Gasteiger partial charge is 0.0159 e. The zero-order valence-corrected chi connectivity index (χ0v) is 25.5. The van der Waals surface area contributed by atoms with Crippen molar-refractivity contribution in [2.75, 3.05) is 0 Å². The Kier molecular flexibility index (Phi) is 5.64. The van der Waals surface area contributed by atoms with E-state index in [1.807, 2.05) is 0 Å². The first kappa shape index (κ1) is 26.0. The maximum Gasteiger partial charge on any atom is 0.0159 e. The van der Waals surface area contributed by atoms with Crippen molar-refractivity contribution in [2.45, 2.75) is 19.3 Å². The molecule has 0 saturated heterocycles. The van der Waals surface area contributed by atoms with Gasteiger partial charge in [0.2, 0.25) is 0 Å². The van der Waals surface area contributed by atoms with Crippen LogP contribution in [-0.4, -0.2) is 0 Å². The zero-order chi connectivity index (χ0) is 30.1. The summed E-state index contributed by atoms with van der Waals surface area (Å²) in [5, 5.41) is 7.70. The third-order valence-electron chi connectivity index (χ3n) is 10.0. The number of benzene rings is 8. The van der Waals surface area contributed by atoms with E-state index in [0.717, 1.165) is 0 Å². The molecule has 0 spiro atoms. The summed E-state index contributed by atoms with van der Waals surface area (Å²) in [6, 6.07) is 58.4. The van der Waals surface area contributed by atoms with E-state index in [1.165, 1.54) is 88.0 Å². The molecule has 9 rings (SSSR count). The van der Waals surface area contributed by atoms with E-state index in [1.54, 1.807) is 0 Å². The maximum absolute atomic E-state index is 2.42. The maximum atomic E-state index is 2.42. The minimum atomic E-state index is -0.0696. The van der Waals surface area contributed by atoms with Crippen LogP contribution >= 0.6 is 0 Å². The second-order valence-corrected chi connectivity index (χ2v) is 13.0. The molecule has 0 unspecified atom stereocenters. The Morgan fingerprint density at radius 2 is 0.822 bits per heavy atom. The van der Waals surface area contributed by atoms with E-state index in [4.69, 9.17) is 0 Å². The molecule has 0 saturated carbocycles. The highest BCUT2D eigenvalue weighted by molar-refractivity contribution is 6.14. The lowest BCUT2D eigenvalue weighted by atomic mass is 9.81. The molecule has 0 nitrogen and oxygen atoms in total. The lowest BCUT2D eigenvalue weighted by Gasteiger charge is -2.22. The van der Waals surface area contributed by atoms with Gasteiger partial charge >= 0.3 is 0 Å². The largest absolute Gasteiger partial charge is 0.0622 e. The molecule has 0 atom stereocenters. The van der Waals surface area contributed by atoms with Crippen LogP contribution in [0.4, 0.5) is 0 Å². The predicted molar refractivity (Wildman–Crippen MR) is 193 cm³/mol. The van der Waals surface area contributed by atoms with Gasteiger partial charge in [-0.05, 0) is 118 Å². The molecule has 8 aromatic rings. The van der Waals surface area contributed by atoms with Gasteiger partial charge in [0.15, 0.2) is 0 Å². The number of rotatable bonds is 3. The van der Waals surface area contributed by atoms with Gasteiger partial charge < -0.3 is 0 Å². The van der Waals surface area contributed by atoms with Crippen molar-refractivity contribution in [1.82, 2.24) is 0 Å². The molecule has 0 heteroatoms. The molecule has 0 aromatic heterocycles. The fourth-order valence-electron chi connectivity index (χ4n) is 7.61. The summed E-state index contributed by atoms with van der Waals surface area (Å²) in [6.07, 6.45) is 0. The van der Waals surface area contributed by atoms with E-state index in [9.17, 15) is 0 Å². The van der Waals surface area contributed by atoms with Gasteiger partial charge in [-0.15, -0.1) is 0 Å². The highest BCUT2D eigenvalue weighted by Gasteiger charge is 2.35. The molecule has 0 radical (unpaired) electrons. The SMILES string of the molecule is CC1(C)c2cc(-c3ccccc3)ccc2-c2ccc(-c3ccc4cc(-c5cc6ccccc6c6ccccc56)ccc4c3)cc21. The Morgan fingerprint density at radius 1 is 0.311 bits per heavy atom. The van der Waals surface area contributed by atoms with Gasteiger partial charge in [-0.25, -0.2) is 0 Å². The van der Waals surface area contributed by atoms with Crippen LogP contribution in [0.25, 0.3) is 76.8 Å². The van der Waals surface area contributed by atoms with Crippen molar-refractivity contribution in [2.24, 2.45) is 0 Å². The summed E-state index contributed by atoms with van der Waals surface area (Å²) in [5.74, 6) is 0. The number of hydrogen-bond acceptors (Lipinski definition) is 0. The molecule has 212 valence electrons. The number of fused-ring (bicyclic) bond motifs is 7. The van der Waals surface area contributed by atoms with Crippen molar-refractivity contribution in [3.8, 4) is 44.5 Å². The predicted octanol–water partition coefficient (Wildman–Crippen LogP) is 12.5.